The van der Waals surface area contributed by atoms with Crippen LogP contribution in [0.25, 0.3) is 0 Å². The molecule has 5 heteroatoms. The molecule has 0 amide bonds. The maximum Gasteiger partial charge on any atom is 0.172 e. The van der Waals surface area contributed by atoms with Crippen LogP contribution in [0.15, 0.2) is 43.0 Å². The largest absolute Gasteiger partial charge is 0.349 e. The van der Waals surface area contributed by atoms with Crippen molar-refractivity contribution in [2.24, 2.45) is 5.41 Å². The van der Waals surface area contributed by atoms with E-state index in [4.69, 9.17) is 21.1 Å². The molecule has 0 bridgehead atoms. The molecule has 1 aliphatic heterocycles. The summed E-state index contributed by atoms with van der Waals surface area (Å²) < 4.78 is 14.6. The summed E-state index contributed by atoms with van der Waals surface area (Å²) in [4.78, 5) is 4.09. The fourth-order valence-corrected chi connectivity index (χ4v) is 3.06. The lowest BCUT2D eigenvalue weighted by atomic mass is 9.92. The second-order valence-electron chi connectivity index (χ2n) is 7.36. The van der Waals surface area contributed by atoms with Gasteiger partial charge in [-0.05, 0) is 24.1 Å². The monoisotopic (exact) mass is 348 g/mol. The van der Waals surface area contributed by atoms with Gasteiger partial charge in [-0.1, -0.05) is 37.6 Å². The zero-order chi connectivity index (χ0) is 17.0. The Morgan fingerprint density at radius 3 is 2.50 bits per heavy atom. The summed E-state index contributed by atoms with van der Waals surface area (Å²) in [5.41, 5.74) is 1.25. The van der Waals surface area contributed by atoms with Crippen molar-refractivity contribution >= 4 is 11.6 Å². The average molecular weight is 349 g/mol. The maximum atomic E-state index is 6.25. The molecule has 2 aromatic rings. The van der Waals surface area contributed by atoms with Crippen LogP contribution in [0.4, 0.5) is 0 Å². The maximum absolute atomic E-state index is 6.25. The first kappa shape index (κ1) is 17.5. The minimum absolute atomic E-state index is 0.0633. The van der Waals surface area contributed by atoms with Gasteiger partial charge in [0.1, 0.15) is 0 Å². The molecule has 2 heterocycles. The third-order valence-electron chi connectivity index (χ3n) is 4.37. The Hall–Kier alpha value is -1.36. The molecule has 0 atom stereocenters. The molecule has 0 saturated carbocycles. The Balaban J connectivity index is 1.67. The fraction of sp³-hybridized carbons (Fsp3) is 0.526. The van der Waals surface area contributed by atoms with E-state index in [1.165, 1.54) is 5.56 Å². The van der Waals surface area contributed by atoms with Gasteiger partial charge in [-0.2, -0.15) is 0 Å². The minimum Gasteiger partial charge on any atom is -0.349 e. The van der Waals surface area contributed by atoms with E-state index >= 15 is 0 Å². The summed E-state index contributed by atoms with van der Waals surface area (Å²) in [5, 5.41) is 0.750. The van der Waals surface area contributed by atoms with Crippen molar-refractivity contribution in [3.8, 4) is 0 Å². The number of imidazole rings is 1. The van der Waals surface area contributed by atoms with Gasteiger partial charge >= 0.3 is 0 Å². The molecule has 1 fully saturated rings. The zero-order valence-electron chi connectivity index (χ0n) is 14.4. The van der Waals surface area contributed by atoms with Crippen molar-refractivity contribution in [2.75, 3.05) is 13.2 Å². The van der Waals surface area contributed by atoms with E-state index in [0.717, 1.165) is 30.8 Å². The average Bonchev–Trinajstić information content (AvgIpc) is 3.06. The van der Waals surface area contributed by atoms with Gasteiger partial charge in [-0.15, -0.1) is 0 Å². The smallest absolute Gasteiger partial charge is 0.172 e. The molecule has 4 nitrogen and oxygen atoms in total. The fourth-order valence-electron chi connectivity index (χ4n) is 2.94. The highest BCUT2D eigenvalue weighted by molar-refractivity contribution is 6.30. The van der Waals surface area contributed by atoms with Crippen LogP contribution in [-0.4, -0.2) is 28.6 Å². The number of benzene rings is 1. The number of ether oxygens (including phenoxy) is 2. The molecule has 0 unspecified atom stereocenters. The normalized spacial score (nSPS) is 19.3. The Bertz CT molecular complexity index is 628. The Morgan fingerprint density at radius 2 is 1.88 bits per heavy atom. The van der Waals surface area contributed by atoms with E-state index in [1.54, 1.807) is 6.20 Å². The van der Waals surface area contributed by atoms with E-state index in [-0.39, 0.29) is 5.41 Å². The third-order valence-corrected chi connectivity index (χ3v) is 4.62. The summed E-state index contributed by atoms with van der Waals surface area (Å²) in [6.07, 6.45) is 8.20. The molecule has 0 N–H and O–H groups in total. The van der Waals surface area contributed by atoms with Crippen molar-refractivity contribution in [3.05, 3.63) is 53.6 Å². The summed E-state index contributed by atoms with van der Waals surface area (Å²) in [6, 6.07) is 7.94. The van der Waals surface area contributed by atoms with Gasteiger partial charge in [-0.25, -0.2) is 4.98 Å². The first-order valence-electron chi connectivity index (χ1n) is 8.45. The number of nitrogens with zero attached hydrogens (tertiary/aromatic N) is 2. The van der Waals surface area contributed by atoms with E-state index in [1.807, 2.05) is 36.8 Å². The number of hydrogen-bond donors (Lipinski definition) is 0. The Labute approximate surface area is 148 Å². The van der Waals surface area contributed by atoms with Crippen molar-refractivity contribution in [2.45, 2.75) is 45.4 Å². The second kappa shape index (κ2) is 7.26. The predicted octanol–water partition coefficient (Wildman–Crippen LogP) is 4.33. The first-order valence-corrected chi connectivity index (χ1v) is 8.82. The lowest BCUT2D eigenvalue weighted by Gasteiger charge is -2.44. The zero-order valence-corrected chi connectivity index (χ0v) is 15.1. The number of rotatable bonds is 6. The summed E-state index contributed by atoms with van der Waals surface area (Å²) in [5.74, 6) is -0.552. The summed E-state index contributed by atoms with van der Waals surface area (Å²) >= 11 is 6.00. The van der Waals surface area contributed by atoms with Crippen molar-refractivity contribution in [1.82, 2.24) is 9.55 Å². The van der Waals surface area contributed by atoms with Gasteiger partial charge in [0, 0.05) is 42.2 Å². The SMILES string of the molecule is CC1(C)COC(CCCn2ccnc2)(Cc2ccc(Cl)cc2)OC1. The topological polar surface area (TPSA) is 36.3 Å². The molecule has 1 saturated heterocycles. The molecule has 1 aromatic carbocycles. The highest BCUT2D eigenvalue weighted by atomic mass is 35.5. The Kier molecular flexibility index (Phi) is 5.28. The molecule has 1 aliphatic rings. The third kappa shape index (κ3) is 4.59. The van der Waals surface area contributed by atoms with Crippen LogP contribution in [0, 0.1) is 5.41 Å². The molecular weight excluding hydrogens is 324 g/mol. The molecule has 0 aliphatic carbocycles. The standard InChI is InChI=1S/C19H25ClN2O2/c1-18(2)13-23-19(24-14-18,8-3-10-22-11-9-21-15-22)12-16-4-6-17(20)7-5-16/h4-7,9,11,15H,3,8,10,12-14H2,1-2H3. The van der Waals surface area contributed by atoms with Gasteiger partial charge < -0.3 is 14.0 Å². The van der Waals surface area contributed by atoms with E-state index in [9.17, 15) is 0 Å². The van der Waals surface area contributed by atoms with Crippen LogP contribution in [0.5, 0.6) is 0 Å². The van der Waals surface area contributed by atoms with Crippen molar-refractivity contribution in [3.63, 3.8) is 0 Å². The van der Waals surface area contributed by atoms with Crippen LogP contribution in [0.2, 0.25) is 5.02 Å². The summed E-state index contributed by atoms with van der Waals surface area (Å²) in [6.45, 7) is 6.69. The summed E-state index contributed by atoms with van der Waals surface area (Å²) in [7, 11) is 0. The van der Waals surface area contributed by atoms with E-state index in [0.29, 0.717) is 13.2 Å². The van der Waals surface area contributed by atoms with Gasteiger partial charge in [0.25, 0.3) is 0 Å². The number of aromatic nitrogens is 2. The number of aryl methyl sites for hydroxylation is 1. The quantitative estimate of drug-likeness (QED) is 0.779. The van der Waals surface area contributed by atoms with Gasteiger partial charge in [0.15, 0.2) is 5.79 Å². The van der Waals surface area contributed by atoms with E-state index in [2.05, 4.69) is 23.4 Å². The van der Waals surface area contributed by atoms with Crippen LogP contribution < -0.4 is 0 Å². The molecule has 24 heavy (non-hydrogen) atoms. The van der Waals surface area contributed by atoms with Gasteiger partial charge in [-0.3, -0.25) is 0 Å². The predicted molar refractivity (Wildman–Crippen MR) is 95.0 cm³/mol. The lowest BCUT2D eigenvalue weighted by molar-refractivity contribution is -0.301. The highest BCUT2D eigenvalue weighted by Crippen LogP contribution is 2.35. The van der Waals surface area contributed by atoms with Gasteiger partial charge in [0.2, 0.25) is 0 Å². The molecule has 3 rings (SSSR count). The number of hydrogen-bond acceptors (Lipinski definition) is 3. The minimum atomic E-state index is -0.552. The second-order valence-corrected chi connectivity index (χ2v) is 7.80. The van der Waals surface area contributed by atoms with Crippen molar-refractivity contribution < 1.29 is 9.47 Å². The highest BCUT2D eigenvalue weighted by Gasteiger charge is 2.40. The lowest BCUT2D eigenvalue weighted by Crippen LogP contribution is -2.49. The molecule has 1 aromatic heterocycles. The Morgan fingerprint density at radius 1 is 1.17 bits per heavy atom. The van der Waals surface area contributed by atoms with Gasteiger partial charge in [0.05, 0.1) is 19.5 Å². The molecular formula is C19H25ClN2O2. The van der Waals surface area contributed by atoms with Crippen LogP contribution >= 0.6 is 11.6 Å². The van der Waals surface area contributed by atoms with Crippen molar-refractivity contribution in [1.29, 1.82) is 0 Å². The molecule has 0 radical (unpaired) electrons. The van der Waals surface area contributed by atoms with E-state index < -0.39 is 5.79 Å². The van der Waals surface area contributed by atoms with Crippen LogP contribution in [-0.2, 0) is 22.4 Å². The number of halogens is 1. The van der Waals surface area contributed by atoms with Crippen LogP contribution in [0.3, 0.4) is 0 Å². The molecule has 130 valence electrons. The first-order chi connectivity index (χ1) is 11.5. The van der Waals surface area contributed by atoms with Crippen LogP contribution in [0.1, 0.15) is 32.3 Å². The molecule has 0 spiro atoms.